The van der Waals surface area contributed by atoms with Gasteiger partial charge in [-0.15, -0.1) is 11.3 Å². The number of aromatic nitrogens is 1. The van der Waals surface area contributed by atoms with Crippen LogP contribution in [0.25, 0.3) is 20.8 Å². The fourth-order valence-electron chi connectivity index (χ4n) is 2.86. The molecule has 30 heavy (non-hydrogen) atoms. The molecule has 0 atom stereocenters. The number of fused-ring (bicyclic) bond motifs is 1. The maximum atomic E-state index is 12.5. The Hall–Kier alpha value is -2.56. The molecule has 0 aliphatic carbocycles. The number of thiocarbonyl (C=S) groups is 1. The van der Waals surface area contributed by atoms with Gasteiger partial charge in [-0.1, -0.05) is 12.1 Å². The molecule has 0 saturated heterocycles. The van der Waals surface area contributed by atoms with Gasteiger partial charge in [-0.25, -0.2) is 4.98 Å². The number of carbonyl (C=O) groups excluding carboxylic acids is 1. The predicted octanol–water partition coefficient (Wildman–Crippen LogP) is 5.70. The van der Waals surface area contributed by atoms with Gasteiger partial charge in [0.25, 0.3) is 5.91 Å². The predicted molar refractivity (Wildman–Crippen MR) is 134 cm³/mol. The van der Waals surface area contributed by atoms with Crippen molar-refractivity contribution in [3.8, 4) is 16.3 Å². The molecular weight excluding hydrogens is 529 g/mol. The fourth-order valence-corrected chi connectivity index (χ4v) is 4.55. The summed E-state index contributed by atoms with van der Waals surface area (Å²) in [7, 11) is 1.58. The zero-order chi connectivity index (χ0) is 21.1. The molecule has 0 aliphatic rings. The van der Waals surface area contributed by atoms with E-state index in [4.69, 9.17) is 21.9 Å². The van der Waals surface area contributed by atoms with E-state index in [9.17, 15) is 4.79 Å². The Morgan fingerprint density at radius 1 is 1.10 bits per heavy atom. The zero-order valence-corrected chi connectivity index (χ0v) is 19.6. The van der Waals surface area contributed by atoms with Gasteiger partial charge in [0.2, 0.25) is 0 Å². The average Bonchev–Trinajstić information content (AvgIpc) is 3.19. The van der Waals surface area contributed by atoms with Crippen LogP contribution in [0.15, 0.2) is 66.7 Å². The summed E-state index contributed by atoms with van der Waals surface area (Å²) >= 11 is 9.27. The van der Waals surface area contributed by atoms with E-state index in [1.165, 1.54) is 0 Å². The Kier molecular flexibility index (Phi) is 6.26. The quantitative estimate of drug-likeness (QED) is 0.255. The Morgan fingerprint density at radius 3 is 2.60 bits per heavy atom. The zero-order valence-electron chi connectivity index (χ0n) is 15.8. The Balaban J connectivity index is 1.55. The van der Waals surface area contributed by atoms with Crippen molar-refractivity contribution >= 4 is 73.1 Å². The van der Waals surface area contributed by atoms with E-state index in [1.54, 1.807) is 42.7 Å². The van der Waals surface area contributed by atoms with E-state index in [1.807, 2.05) is 30.3 Å². The summed E-state index contributed by atoms with van der Waals surface area (Å²) in [5.41, 5.74) is 3.17. The number of benzene rings is 3. The van der Waals surface area contributed by atoms with Crippen molar-refractivity contribution < 1.29 is 9.53 Å². The molecule has 4 aromatic rings. The standard InChI is InChI=1S/C22H16IN3O2S2/c1-28-15-9-6-13(7-10-15)20(27)26-22(29)25-17-11-8-14(23)12-16(17)21-24-18-4-2-3-5-19(18)30-21/h2-12H,1H3,(H2,25,26,27,29). The maximum absolute atomic E-state index is 12.5. The van der Waals surface area contributed by atoms with Crippen LogP contribution < -0.4 is 15.4 Å². The molecular formula is C22H16IN3O2S2. The third kappa shape index (κ3) is 4.61. The minimum atomic E-state index is -0.290. The topological polar surface area (TPSA) is 63.2 Å². The van der Waals surface area contributed by atoms with Crippen LogP contribution in [0.3, 0.4) is 0 Å². The van der Waals surface area contributed by atoms with Crippen molar-refractivity contribution in [3.05, 3.63) is 75.9 Å². The molecule has 0 aliphatic heterocycles. The highest BCUT2D eigenvalue weighted by Gasteiger charge is 2.14. The largest absolute Gasteiger partial charge is 0.497 e. The third-order valence-corrected chi connectivity index (χ3v) is 6.28. The van der Waals surface area contributed by atoms with Gasteiger partial charge in [-0.2, -0.15) is 0 Å². The van der Waals surface area contributed by atoms with Gasteiger partial charge in [-0.3, -0.25) is 10.1 Å². The molecule has 4 rings (SSSR count). The van der Waals surface area contributed by atoms with Crippen molar-refractivity contribution in [3.63, 3.8) is 0 Å². The Bertz CT molecular complexity index is 1210. The van der Waals surface area contributed by atoms with Crippen LogP contribution >= 0.6 is 46.1 Å². The van der Waals surface area contributed by atoms with Gasteiger partial charge in [0.1, 0.15) is 10.8 Å². The van der Waals surface area contributed by atoms with Crippen LogP contribution in [0.2, 0.25) is 0 Å². The summed E-state index contributed by atoms with van der Waals surface area (Å²) in [5, 5.41) is 6.98. The van der Waals surface area contributed by atoms with E-state index in [2.05, 4.69) is 45.4 Å². The molecule has 0 saturated carbocycles. The van der Waals surface area contributed by atoms with Crippen LogP contribution in [0.4, 0.5) is 5.69 Å². The molecule has 2 N–H and O–H groups in total. The van der Waals surface area contributed by atoms with E-state index in [-0.39, 0.29) is 11.0 Å². The molecule has 1 amide bonds. The maximum Gasteiger partial charge on any atom is 0.257 e. The lowest BCUT2D eigenvalue weighted by Gasteiger charge is -2.13. The van der Waals surface area contributed by atoms with Gasteiger partial charge in [0.05, 0.1) is 23.0 Å². The second-order valence-electron chi connectivity index (χ2n) is 6.31. The van der Waals surface area contributed by atoms with Crippen LogP contribution in [0.5, 0.6) is 5.75 Å². The van der Waals surface area contributed by atoms with Crippen LogP contribution in [0.1, 0.15) is 10.4 Å². The summed E-state index contributed by atoms with van der Waals surface area (Å²) in [6.45, 7) is 0. The van der Waals surface area contributed by atoms with Crippen LogP contribution in [-0.2, 0) is 0 Å². The molecule has 3 aromatic carbocycles. The number of anilines is 1. The monoisotopic (exact) mass is 545 g/mol. The highest BCUT2D eigenvalue weighted by Crippen LogP contribution is 2.35. The molecule has 8 heteroatoms. The lowest BCUT2D eigenvalue weighted by atomic mass is 10.2. The van der Waals surface area contributed by atoms with Crippen molar-refractivity contribution in [2.45, 2.75) is 0 Å². The Morgan fingerprint density at radius 2 is 1.87 bits per heavy atom. The highest BCUT2D eigenvalue weighted by molar-refractivity contribution is 14.1. The van der Waals surface area contributed by atoms with Gasteiger partial charge in [0, 0.05) is 14.7 Å². The SMILES string of the molecule is COc1ccc(C(=O)NC(=S)Nc2ccc(I)cc2-c2nc3ccccc3s2)cc1. The van der Waals surface area contributed by atoms with Gasteiger partial charge >= 0.3 is 0 Å². The van der Waals surface area contributed by atoms with E-state index >= 15 is 0 Å². The van der Waals surface area contributed by atoms with Gasteiger partial charge < -0.3 is 10.1 Å². The van der Waals surface area contributed by atoms with Crippen molar-refractivity contribution in [1.29, 1.82) is 0 Å². The lowest BCUT2D eigenvalue weighted by molar-refractivity contribution is 0.0977. The number of para-hydroxylation sites is 1. The van der Waals surface area contributed by atoms with Gasteiger partial charge in [0.15, 0.2) is 5.11 Å². The number of thiazole rings is 1. The number of rotatable bonds is 4. The van der Waals surface area contributed by atoms with E-state index < -0.39 is 0 Å². The number of hydrogen-bond donors (Lipinski definition) is 2. The molecule has 0 unspecified atom stereocenters. The summed E-state index contributed by atoms with van der Waals surface area (Å²) in [5.74, 6) is 0.397. The number of nitrogens with zero attached hydrogens (tertiary/aromatic N) is 1. The van der Waals surface area contributed by atoms with E-state index in [0.29, 0.717) is 11.3 Å². The number of nitrogens with one attached hydrogen (secondary N) is 2. The Labute approximate surface area is 196 Å². The summed E-state index contributed by atoms with van der Waals surface area (Å²) < 4.78 is 7.32. The minimum absolute atomic E-state index is 0.222. The lowest BCUT2D eigenvalue weighted by Crippen LogP contribution is -2.34. The molecule has 0 spiro atoms. The summed E-state index contributed by atoms with van der Waals surface area (Å²) in [6, 6.07) is 20.8. The first-order valence-electron chi connectivity index (χ1n) is 8.95. The molecule has 1 aromatic heterocycles. The third-order valence-electron chi connectivity index (χ3n) is 4.33. The number of halogens is 1. The first-order chi connectivity index (χ1) is 14.5. The summed E-state index contributed by atoms with van der Waals surface area (Å²) in [4.78, 5) is 17.2. The second-order valence-corrected chi connectivity index (χ2v) is 9.00. The fraction of sp³-hybridized carbons (Fsp3) is 0.0455. The van der Waals surface area contributed by atoms with Crippen molar-refractivity contribution in [2.75, 3.05) is 12.4 Å². The number of amides is 1. The van der Waals surface area contributed by atoms with Gasteiger partial charge in [-0.05, 0) is 89.4 Å². The first kappa shape index (κ1) is 20.7. The van der Waals surface area contributed by atoms with Crippen molar-refractivity contribution in [2.24, 2.45) is 0 Å². The molecule has 1 heterocycles. The molecule has 0 radical (unpaired) electrons. The molecule has 150 valence electrons. The number of ether oxygens (including phenoxy) is 1. The van der Waals surface area contributed by atoms with E-state index in [0.717, 1.165) is 30.0 Å². The first-order valence-corrected chi connectivity index (χ1v) is 11.3. The van der Waals surface area contributed by atoms with Crippen LogP contribution in [0, 0.1) is 3.57 Å². The number of hydrogen-bond acceptors (Lipinski definition) is 5. The molecule has 0 fully saturated rings. The van der Waals surface area contributed by atoms with Crippen LogP contribution in [-0.4, -0.2) is 23.1 Å². The molecule has 5 nitrogen and oxygen atoms in total. The van der Waals surface area contributed by atoms with Crippen molar-refractivity contribution in [1.82, 2.24) is 10.3 Å². The minimum Gasteiger partial charge on any atom is -0.497 e. The molecule has 0 bridgehead atoms. The number of carbonyl (C=O) groups is 1. The summed E-state index contributed by atoms with van der Waals surface area (Å²) in [6.07, 6.45) is 0. The number of methoxy groups -OCH3 is 1. The second kappa shape index (κ2) is 9.07. The smallest absolute Gasteiger partial charge is 0.257 e. The highest BCUT2D eigenvalue weighted by atomic mass is 127. The average molecular weight is 545 g/mol. The normalized spacial score (nSPS) is 10.6.